The highest BCUT2D eigenvalue weighted by Gasteiger charge is 2.35. The molecule has 0 N–H and O–H groups in total. The lowest BCUT2D eigenvalue weighted by Crippen LogP contribution is -2.46. The zero-order chi connectivity index (χ0) is 9.03. The minimum atomic E-state index is -2.29. The first-order valence-electron chi connectivity index (χ1n) is 3.65. The third kappa shape index (κ3) is 2.23. The highest BCUT2D eigenvalue weighted by atomic mass is 35.6. The largest absolute Gasteiger partial charge is 0.399 e. The molecule has 1 atom stereocenters. The summed E-state index contributed by atoms with van der Waals surface area (Å²) in [5.41, 5.74) is 0.406. The van der Waals surface area contributed by atoms with Crippen LogP contribution in [0.5, 0.6) is 0 Å². The van der Waals surface area contributed by atoms with E-state index in [1.165, 1.54) is 0 Å². The van der Waals surface area contributed by atoms with Crippen molar-refractivity contribution < 1.29 is 4.43 Å². The highest BCUT2D eigenvalue weighted by Crippen LogP contribution is 2.16. The van der Waals surface area contributed by atoms with Gasteiger partial charge in [0.25, 0.3) is 0 Å². The first-order chi connectivity index (χ1) is 5.73. The number of rotatable bonds is 4. The van der Waals surface area contributed by atoms with Gasteiger partial charge < -0.3 is 4.43 Å². The molecule has 0 aliphatic heterocycles. The van der Waals surface area contributed by atoms with Crippen LogP contribution in [0, 0.1) is 0 Å². The Morgan fingerprint density at radius 3 is 2.83 bits per heavy atom. The average Bonchev–Trinajstić information content (AvgIpc) is 2.57. The second kappa shape index (κ2) is 4.63. The van der Waals surface area contributed by atoms with Crippen LogP contribution in [-0.4, -0.2) is 19.7 Å². The fraction of sp³-hybridized carbons (Fsp3) is 0.429. The summed E-state index contributed by atoms with van der Waals surface area (Å²) in [6, 6.07) is 3.96. The molecular weight excluding hydrogens is 231 g/mol. The van der Waals surface area contributed by atoms with Gasteiger partial charge in [-0.3, -0.25) is 0 Å². The Hall–Kier alpha value is 0.457. The summed E-state index contributed by atoms with van der Waals surface area (Å²) in [6.07, 6.45) is 0. The Bertz CT molecular complexity index is 229. The van der Waals surface area contributed by atoms with Crippen molar-refractivity contribution in [3.05, 3.63) is 17.5 Å². The van der Waals surface area contributed by atoms with Gasteiger partial charge in [-0.2, -0.15) is 0 Å². The third-order valence-electron chi connectivity index (χ3n) is 1.43. The van der Waals surface area contributed by atoms with Crippen molar-refractivity contribution in [2.75, 3.05) is 12.1 Å². The van der Waals surface area contributed by atoms with Crippen LogP contribution in [0.25, 0.3) is 0 Å². The van der Waals surface area contributed by atoms with Gasteiger partial charge in [0.15, 0.2) is 0 Å². The van der Waals surface area contributed by atoms with Crippen molar-refractivity contribution in [2.24, 2.45) is 0 Å². The zero-order valence-corrected chi connectivity index (χ0v) is 10.0. The van der Waals surface area contributed by atoms with Gasteiger partial charge in [0.2, 0.25) is 0 Å². The molecule has 0 fully saturated rings. The van der Waals surface area contributed by atoms with Gasteiger partial charge in [0.05, 0.1) is 5.50 Å². The van der Waals surface area contributed by atoms with Crippen LogP contribution in [0.3, 0.4) is 0 Å². The van der Waals surface area contributed by atoms with Gasteiger partial charge in [-0.25, -0.2) is 0 Å². The molecule has 1 unspecified atom stereocenters. The summed E-state index contributed by atoms with van der Waals surface area (Å²) in [5, 5.41) is 1.99. The standard InChI is InChI=1S/C7H10Cl2OSSi/c1-2-10-12(9,6-8)7-4-3-5-11-7/h3-5H,2,6H2,1H3. The van der Waals surface area contributed by atoms with E-state index in [2.05, 4.69) is 0 Å². The van der Waals surface area contributed by atoms with Crippen molar-refractivity contribution in [3.63, 3.8) is 0 Å². The molecule has 0 saturated carbocycles. The molecule has 0 radical (unpaired) electrons. The third-order valence-corrected chi connectivity index (χ3v) is 8.67. The normalized spacial score (nSPS) is 15.9. The quantitative estimate of drug-likeness (QED) is 0.447. The lowest BCUT2D eigenvalue weighted by atomic mass is 10.7. The van der Waals surface area contributed by atoms with Crippen LogP contribution in [-0.2, 0) is 4.43 Å². The summed E-state index contributed by atoms with van der Waals surface area (Å²) in [5.74, 6) is 0. The smallest absolute Gasteiger partial charge is 0.347 e. The Morgan fingerprint density at radius 1 is 1.67 bits per heavy atom. The summed E-state index contributed by atoms with van der Waals surface area (Å²) >= 11 is 13.7. The van der Waals surface area contributed by atoms with Crippen LogP contribution in [0.4, 0.5) is 0 Å². The Labute approximate surface area is 87.1 Å². The summed E-state index contributed by atoms with van der Waals surface area (Å²) in [6.45, 7) is 2.56. The minimum Gasteiger partial charge on any atom is -0.399 e. The summed E-state index contributed by atoms with van der Waals surface area (Å²) in [7, 11) is -2.29. The maximum atomic E-state index is 6.29. The molecule has 1 aromatic rings. The predicted octanol–water partition coefficient (Wildman–Crippen LogP) is 2.45. The van der Waals surface area contributed by atoms with E-state index in [0.29, 0.717) is 12.1 Å². The van der Waals surface area contributed by atoms with Crippen LogP contribution >= 0.6 is 34.0 Å². The van der Waals surface area contributed by atoms with E-state index in [0.717, 1.165) is 4.50 Å². The Balaban J connectivity index is 2.80. The predicted molar refractivity (Wildman–Crippen MR) is 57.9 cm³/mol. The Morgan fingerprint density at radius 2 is 2.42 bits per heavy atom. The molecule has 0 aliphatic rings. The van der Waals surface area contributed by atoms with Crippen molar-refractivity contribution in [1.82, 2.24) is 0 Å². The zero-order valence-electron chi connectivity index (χ0n) is 6.72. The van der Waals surface area contributed by atoms with Crippen molar-refractivity contribution in [2.45, 2.75) is 6.92 Å². The fourth-order valence-corrected chi connectivity index (χ4v) is 5.63. The molecule has 1 heterocycles. The van der Waals surface area contributed by atoms with Gasteiger partial charge in [-0.05, 0) is 18.4 Å². The molecule has 1 rings (SSSR count). The van der Waals surface area contributed by atoms with E-state index in [9.17, 15) is 0 Å². The van der Waals surface area contributed by atoms with Crippen molar-refractivity contribution in [3.8, 4) is 0 Å². The molecule has 0 aromatic carbocycles. The van der Waals surface area contributed by atoms with E-state index < -0.39 is 7.63 Å². The molecule has 1 nitrogen and oxygen atoms in total. The monoisotopic (exact) mass is 240 g/mol. The van der Waals surface area contributed by atoms with E-state index in [-0.39, 0.29) is 0 Å². The van der Waals surface area contributed by atoms with E-state index in [1.54, 1.807) is 11.3 Å². The average molecular weight is 241 g/mol. The number of alkyl halides is 1. The summed E-state index contributed by atoms with van der Waals surface area (Å²) in [4.78, 5) is 0. The molecule has 5 heteroatoms. The van der Waals surface area contributed by atoms with E-state index >= 15 is 0 Å². The number of halogens is 2. The second-order valence-corrected chi connectivity index (χ2v) is 8.77. The molecule has 0 saturated heterocycles. The van der Waals surface area contributed by atoms with Crippen molar-refractivity contribution in [1.29, 1.82) is 0 Å². The van der Waals surface area contributed by atoms with Gasteiger partial charge in [-0.1, -0.05) is 6.07 Å². The molecule has 68 valence electrons. The summed E-state index contributed by atoms with van der Waals surface area (Å²) < 4.78 is 6.60. The van der Waals surface area contributed by atoms with Crippen LogP contribution < -0.4 is 4.50 Å². The number of hydrogen-bond acceptors (Lipinski definition) is 2. The molecule has 0 bridgehead atoms. The first kappa shape index (κ1) is 10.5. The number of hydrogen-bond donors (Lipinski definition) is 0. The van der Waals surface area contributed by atoms with Gasteiger partial charge in [-0.15, -0.1) is 34.0 Å². The Kier molecular flexibility index (Phi) is 4.06. The van der Waals surface area contributed by atoms with Crippen LogP contribution in [0.1, 0.15) is 6.92 Å². The maximum Gasteiger partial charge on any atom is 0.347 e. The first-order valence-corrected chi connectivity index (χ1v) is 8.20. The van der Waals surface area contributed by atoms with Crippen LogP contribution in [0.15, 0.2) is 17.5 Å². The minimum absolute atomic E-state index is 0.406. The molecule has 0 aliphatic carbocycles. The highest BCUT2D eigenvalue weighted by molar-refractivity contribution is 7.38. The lowest BCUT2D eigenvalue weighted by Gasteiger charge is -2.19. The number of thiophene rings is 1. The fourth-order valence-electron chi connectivity index (χ4n) is 0.895. The van der Waals surface area contributed by atoms with Crippen molar-refractivity contribution >= 4 is 46.1 Å². The molecule has 0 spiro atoms. The topological polar surface area (TPSA) is 9.23 Å². The maximum absolute atomic E-state index is 6.29. The van der Waals surface area contributed by atoms with Gasteiger partial charge in [0.1, 0.15) is 0 Å². The molecule has 12 heavy (non-hydrogen) atoms. The molecule has 0 amide bonds. The van der Waals surface area contributed by atoms with Gasteiger partial charge in [0, 0.05) is 11.1 Å². The van der Waals surface area contributed by atoms with Gasteiger partial charge >= 0.3 is 7.63 Å². The molecule has 1 aromatic heterocycles. The van der Waals surface area contributed by atoms with E-state index in [4.69, 9.17) is 27.1 Å². The van der Waals surface area contributed by atoms with Crippen LogP contribution in [0.2, 0.25) is 0 Å². The second-order valence-electron chi connectivity index (χ2n) is 2.27. The van der Waals surface area contributed by atoms with E-state index in [1.807, 2.05) is 24.4 Å². The lowest BCUT2D eigenvalue weighted by molar-refractivity contribution is 0.347. The SMILES string of the molecule is CCO[Si](Cl)(CCl)c1cccs1. The molecular formula is C7H10Cl2OSSi.